The van der Waals surface area contributed by atoms with Gasteiger partial charge < -0.3 is 19.5 Å². The number of aromatic nitrogens is 2. The Balaban J connectivity index is 1.29. The van der Waals surface area contributed by atoms with Crippen molar-refractivity contribution in [1.29, 1.82) is 0 Å². The third-order valence-electron chi connectivity index (χ3n) is 6.06. The zero-order valence-corrected chi connectivity index (χ0v) is 20.5. The summed E-state index contributed by atoms with van der Waals surface area (Å²) in [7, 11) is 1.95. The molecule has 0 spiro atoms. The third kappa shape index (κ3) is 5.80. The molecule has 2 amide bonds. The van der Waals surface area contributed by atoms with Gasteiger partial charge in [0, 0.05) is 47.7 Å². The van der Waals surface area contributed by atoms with E-state index in [9.17, 15) is 9.59 Å². The van der Waals surface area contributed by atoms with Crippen molar-refractivity contribution in [2.45, 2.75) is 55.2 Å². The Bertz CT molecular complexity index is 1120. The van der Waals surface area contributed by atoms with Gasteiger partial charge in [-0.3, -0.25) is 9.59 Å². The summed E-state index contributed by atoms with van der Waals surface area (Å²) >= 11 is 1.56. The van der Waals surface area contributed by atoms with Gasteiger partial charge in [-0.2, -0.15) is 0 Å². The van der Waals surface area contributed by atoms with Crippen LogP contribution in [0.3, 0.4) is 0 Å². The van der Waals surface area contributed by atoms with E-state index >= 15 is 0 Å². The van der Waals surface area contributed by atoms with Crippen LogP contribution in [-0.2, 0) is 11.8 Å². The number of piperidine rings is 1. The van der Waals surface area contributed by atoms with Gasteiger partial charge >= 0.3 is 0 Å². The Morgan fingerprint density at radius 2 is 1.74 bits per heavy atom. The van der Waals surface area contributed by atoms with Crippen LogP contribution in [0.2, 0.25) is 0 Å². The lowest BCUT2D eigenvalue weighted by Gasteiger charge is -2.38. The second-order valence-electron chi connectivity index (χ2n) is 8.64. The molecule has 2 aromatic carbocycles. The number of carbonyl (C=O) groups excluding carboxylic acids is 2. The first-order valence-corrected chi connectivity index (χ1v) is 12.3. The first-order chi connectivity index (χ1) is 16.4. The SMILES string of the molecule is CC1CCCC(C)N1C(=O)COc1ccc(C(=O)Nc2ccc(Sc3nccn3C)cc2)cc1. The molecule has 2 heterocycles. The number of imidazole rings is 1. The molecule has 0 radical (unpaired) electrons. The number of anilines is 1. The molecule has 1 aliphatic rings. The molecule has 8 heteroatoms. The number of nitrogens with zero attached hydrogens (tertiary/aromatic N) is 3. The average molecular weight is 479 g/mol. The quantitative estimate of drug-likeness (QED) is 0.518. The number of benzene rings is 2. The van der Waals surface area contributed by atoms with Crippen LogP contribution in [0.4, 0.5) is 5.69 Å². The Labute approximate surface area is 204 Å². The molecule has 2 unspecified atom stereocenters. The van der Waals surface area contributed by atoms with Gasteiger partial charge in [0.25, 0.3) is 11.8 Å². The molecule has 178 valence electrons. The maximum atomic E-state index is 12.6. The summed E-state index contributed by atoms with van der Waals surface area (Å²) in [4.78, 5) is 32.5. The number of hydrogen-bond acceptors (Lipinski definition) is 5. The van der Waals surface area contributed by atoms with Crippen LogP contribution in [0.15, 0.2) is 71.0 Å². The van der Waals surface area contributed by atoms with Crippen LogP contribution in [0.1, 0.15) is 43.5 Å². The van der Waals surface area contributed by atoms with Crippen LogP contribution >= 0.6 is 11.8 Å². The minimum atomic E-state index is -0.205. The number of nitrogens with one attached hydrogen (secondary N) is 1. The highest BCUT2D eigenvalue weighted by Gasteiger charge is 2.29. The number of aryl methyl sites for hydroxylation is 1. The Morgan fingerprint density at radius 3 is 2.35 bits per heavy atom. The van der Waals surface area contributed by atoms with E-state index in [0.717, 1.165) is 29.3 Å². The first kappa shape index (κ1) is 23.9. The van der Waals surface area contributed by atoms with E-state index < -0.39 is 0 Å². The summed E-state index contributed by atoms with van der Waals surface area (Å²) in [5, 5.41) is 3.81. The fourth-order valence-corrected chi connectivity index (χ4v) is 5.00. The fourth-order valence-electron chi connectivity index (χ4n) is 4.20. The number of likely N-dealkylation sites (tertiary alicyclic amines) is 1. The maximum absolute atomic E-state index is 12.6. The van der Waals surface area contributed by atoms with Crippen molar-refractivity contribution >= 4 is 29.3 Å². The van der Waals surface area contributed by atoms with Crippen molar-refractivity contribution in [3.05, 3.63) is 66.5 Å². The smallest absolute Gasteiger partial charge is 0.260 e. The van der Waals surface area contributed by atoms with Gasteiger partial charge in [0.2, 0.25) is 0 Å². The molecule has 1 aromatic heterocycles. The minimum Gasteiger partial charge on any atom is -0.484 e. The molecule has 1 fully saturated rings. The Kier molecular flexibility index (Phi) is 7.57. The zero-order valence-electron chi connectivity index (χ0n) is 19.7. The zero-order chi connectivity index (χ0) is 24.1. The number of ether oxygens (including phenoxy) is 1. The summed E-state index contributed by atoms with van der Waals surface area (Å²) in [6, 6.07) is 15.0. The standard InChI is InChI=1S/C26H30N4O3S/c1-18-5-4-6-19(2)30(18)24(31)17-33-22-11-7-20(8-12-22)25(32)28-21-9-13-23(14-10-21)34-26-27-15-16-29(26)3/h7-16,18-19H,4-6,17H2,1-3H3,(H,28,32). The highest BCUT2D eigenvalue weighted by molar-refractivity contribution is 7.99. The lowest BCUT2D eigenvalue weighted by molar-refractivity contribution is -0.139. The van der Waals surface area contributed by atoms with E-state index in [1.165, 1.54) is 0 Å². The molecule has 1 N–H and O–H groups in total. The van der Waals surface area contributed by atoms with Crippen LogP contribution in [0.25, 0.3) is 0 Å². The van der Waals surface area contributed by atoms with Gasteiger partial charge in [-0.15, -0.1) is 0 Å². The molecular weight excluding hydrogens is 448 g/mol. The van der Waals surface area contributed by atoms with Crippen molar-refractivity contribution in [2.24, 2.45) is 7.05 Å². The molecule has 2 atom stereocenters. The van der Waals surface area contributed by atoms with Gasteiger partial charge in [0.15, 0.2) is 11.8 Å². The number of amides is 2. The van der Waals surface area contributed by atoms with Crippen molar-refractivity contribution < 1.29 is 14.3 Å². The summed E-state index contributed by atoms with van der Waals surface area (Å²) in [6.45, 7) is 4.19. The van der Waals surface area contributed by atoms with Crippen LogP contribution in [0, 0.1) is 0 Å². The normalized spacial score (nSPS) is 17.9. The average Bonchev–Trinajstić information content (AvgIpc) is 3.23. The summed E-state index contributed by atoms with van der Waals surface area (Å²) in [6.07, 6.45) is 6.89. The van der Waals surface area contributed by atoms with Gasteiger partial charge in [-0.25, -0.2) is 4.98 Å². The van der Waals surface area contributed by atoms with Gasteiger partial charge in [-0.1, -0.05) is 11.8 Å². The summed E-state index contributed by atoms with van der Waals surface area (Å²) in [5.41, 5.74) is 1.23. The number of carbonyl (C=O) groups is 2. The molecule has 34 heavy (non-hydrogen) atoms. The summed E-state index contributed by atoms with van der Waals surface area (Å²) in [5.74, 6) is 0.368. The second-order valence-corrected chi connectivity index (χ2v) is 9.68. The lowest BCUT2D eigenvalue weighted by atomic mass is 9.97. The van der Waals surface area contributed by atoms with E-state index in [-0.39, 0.29) is 30.5 Å². The second kappa shape index (κ2) is 10.8. The van der Waals surface area contributed by atoms with Crippen LogP contribution < -0.4 is 10.1 Å². The topological polar surface area (TPSA) is 76.5 Å². The van der Waals surface area contributed by atoms with E-state index in [1.807, 2.05) is 47.0 Å². The van der Waals surface area contributed by atoms with E-state index in [2.05, 4.69) is 24.1 Å². The molecule has 1 aliphatic heterocycles. The fraction of sp³-hybridized carbons (Fsp3) is 0.346. The van der Waals surface area contributed by atoms with Crippen molar-refractivity contribution in [3.8, 4) is 5.75 Å². The summed E-state index contributed by atoms with van der Waals surface area (Å²) < 4.78 is 7.66. The Hall–Kier alpha value is -3.26. The molecule has 7 nitrogen and oxygen atoms in total. The van der Waals surface area contributed by atoms with Gasteiger partial charge in [0.1, 0.15) is 5.75 Å². The molecular formula is C26H30N4O3S. The van der Waals surface area contributed by atoms with Crippen molar-refractivity contribution in [3.63, 3.8) is 0 Å². The molecule has 3 aromatic rings. The van der Waals surface area contributed by atoms with E-state index in [1.54, 1.807) is 42.2 Å². The van der Waals surface area contributed by atoms with Crippen LogP contribution in [-0.4, -0.2) is 45.0 Å². The number of hydrogen-bond donors (Lipinski definition) is 1. The third-order valence-corrected chi connectivity index (χ3v) is 7.14. The molecule has 0 saturated carbocycles. The molecule has 1 saturated heterocycles. The first-order valence-electron chi connectivity index (χ1n) is 11.5. The monoisotopic (exact) mass is 478 g/mol. The number of rotatable bonds is 7. The Morgan fingerprint density at radius 1 is 1.06 bits per heavy atom. The van der Waals surface area contributed by atoms with E-state index in [4.69, 9.17) is 4.74 Å². The van der Waals surface area contributed by atoms with Gasteiger partial charge in [0.05, 0.1) is 0 Å². The molecule has 0 aliphatic carbocycles. The van der Waals surface area contributed by atoms with Crippen LogP contribution in [0.5, 0.6) is 5.75 Å². The molecule has 4 rings (SSSR count). The lowest BCUT2D eigenvalue weighted by Crippen LogP contribution is -2.49. The predicted molar refractivity (Wildman–Crippen MR) is 133 cm³/mol. The van der Waals surface area contributed by atoms with E-state index in [0.29, 0.717) is 17.0 Å². The van der Waals surface area contributed by atoms with Gasteiger partial charge in [-0.05, 0) is 81.6 Å². The minimum absolute atomic E-state index is 0.00284. The van der Waals surface area contributed by atoms with Crippen molar-refractivity contribution in [1.82, 2.24) is 14.5 Å². The highest BCUT2D eigenvalue weighted by atomic mass is 32.2. The molecule has 0 bridgehead atoms. The highest BCUT2D eigenvalue weighted by Crippen LogP contribution is 2.27. The van der Waals surface area contributed by atoms with Crippen molar-refractivity contribution in [2.75, 3.05) is 11.9 Å². The predicted octanol–water partition coefficient (Wildman–Crippen LogP) is 4.99. The largest absolute Gasteiger partial charge is 0.484 e. The maximum Gasteiger partial charge on any atom is 0.260 e.